The van der Waals surface area contributed by atoms with E-state index in [0.29, 0.717) is 11.6 Å². The predicted octanol–water partition coefficient (Wildman–Crippen LogP) is 6.70. The van der Waals surface area contributed by atoms with Gasteiger partial charge in [0.2, 0.25) is 5.91 Å². The molecular formula is C25H22F4N2O. The zero-order chi connectivity index (χ0) is 22.5. The van der Waals surface area contributed by atoms with Crippen molar-refractivity contribution in [3.8, 4) is 0 Å². The maximum atomic E-state index is 13.8. The van der Waals surface area contributed by atoms with Gasteiger partial charge >= 0.3 is 6.18 Å². The Balaban J connectivity index is 1.23. The van der Waals surface area contributed by atoms with Crippen LogP contribution in [0.4, 0.5) is 23.2 Å². The van der Waals surface area contributed by atoms with Crippen molar-refractivity contribution in [1.82, 2.24) is 4.98 Å². The Morgan fingerprint density at radius 1 is 1.03 bits per heavy atom. The lowest BCUT2D eigenvalue weighted by Gasteiger charge is -2.30. The number of alkyl halides is 3. The van der Waals surface area contributed by atoms with Crippen LogP contribution in [-0.2, 0) is 11.0 Å². The molecule has 0 radical (unpaired) electrons. The predicted molar refractivity (Wildman–Crippen MR) is 114 cm³/mol. The first-order valence-corrected chi connectivity index (χ1v) is 10.8. The number of aromatic nitrogens is 1. The molecule has 0 aliphatic heterocycles. The molecule has 1 heterocycles. The van der Waals surface area contributed by atoms with Crippen LogP contribution in [0.25, 0.3) is 10.9 Å². The molecule has 1 spiro atoms. The van der Waals surface area contributed by atoms with Gasteiger partial charge in [0.05, 0.1) is 11.1 Å². The van der Waals surface area contributed by atoms with Crippen LogP contribution in [0.1, 0.15) is 49.1 Å². The lowest BCUT2D eigenvalue weighted by molar-refractivity contribution is -0.137. The maximum absolute atomic E-state index is 13.8. The van der Waals surface area contributed by atoms with Crippen molar-refractivity contribution >= 4 is 22.5 Å². The quantitative estimate of drug-likeness (QED) is 0.459. The normalized spacial score (nSPS) is 25.1. The van der Waals surface area contributed by atoms with Crippen LogP contribution in [0.3, 0.4) is 0 Å². The Labute approximate surface area is 182 Å². The van der Waals surface area contributed by atoms with E-state index in [1.165, 1.54) is 18.2 Å². The third-order valence-corrected chi connectivity index (χ3v) is 7.14. The molecule has 1 atom stereocenters. The van der Waals surface area contributed by atoms with Crippen LogP contribution in [0.5, 0.6) is 0 Å². The van der Waals surface area contributed by atoms with Crippen LogP contribution in [0, 0.1) is 17.2 Å². The van der Waals surface area contributed by atoms with Gasteiger partial charge in [-0.1, -0.05) is 0 Å². The highest BCUT2D eigenvalue weighted by molar-refractivity contribution is 5.95. The fourth-order valence-corrected chi connectivity index (χ4v) is 5.24. The molecule has 2 aliphatic rings. The number of rotatable bonds is 3. The number of anilines is 1. The number of fused-ring (bicyclic) bond motifs is 1. The number of carbonyl (C=O) groups excluding carboxylic acids is 1. The third kappa shape index (κ3) is 3.85. The summed E-state index contributed by atoms with van der Waals surface area (Å²) in [4.78, 5) is 17.0. The average Bonchev–Trinajstić information content (AvgIpc) is 3.47. The smallest absolute Gasteiger partial charge is 0.326 e. The lowest BCUT2D eigenvalue weighted by atomic mass is 9.75. The largest absolute Gasteiger partial charge is 0.416 e. The molecule has 0 bridgehead atoms. The Bertz CT molecular complexity index is 1160. The standard InChI is InChI=1S/C25H22F4N2O/c26-17-3-6-22-20(13-17)19(9-12-30-22)15-7-10-24(11-8-15)14-21(24)23(32)31-18-4-1-16(2-5-18)25(27,28)29/h1-6,9,12-13,15,21H,7-8,10-11,14H2,(H,31,32)/t15-,21-,24+/m1/s1. The van der Waals surface area contributed by atoms with Crippen molar-refractivity contribution in [1.29, 1.82) is 0 Å². The molecule has 1 N–H and O–H groups in total. The summed E-state index contributed by atoms with van der Waals surface area (Å²) in [5.74, 6) is -0.217. The van der Waals surface area contributed by atoms with Crippen LogP contribution >= 0.6 is 0 Å². The SMILES string of the molecule is O=C(Nc1ccc(C(F)(F)F)cc1)[C@H]1C[C@]12CC[C@H](c1ccnc3ccc(F)cc31)CC2. The summed E-state index contributed by atoms with van der Waals surface area (Å²) < 4.78 is 51.9. The molecule has 7 heteroatoms. The van der Waals surface area contributed by atoms with Gasteiger partial charge < -0.3 is 5.32 Å². The van der Waals surface area contributed by atoms with Gasteiger partial charge in [0.1, 0.15) is 5.82 Å². The minimum absolute atomic E-state index is 0.0272. The van der Waals surface area contributed by atoms with Crippen molar-refractivity contribution in [3.05, 3.63) is 71.7 Å². The Morgan fingerprint density at radius 2 is 1.75 bits per heavy atom. The molecular weight excluding hydrogens is 420 g/mol. The third-order valence-electron chi connectivity index (χ3n) is 7.14. The number of halogens is 4. The number of benzene rings is 2. The monoisotopic (exact) mass is 442 g/mol. The average molecular weight is 442 g/mol. The van der Waals surface area contributed by atoms with Gasteiger partial charge in [-0.25, -0.2) is 4.39 Å². The first-order valence-electron chi connectivity index (χ1n) is 10.8. The van der Waals surface area contributed by atoms with Crippen molar-refractivity contribution in [2.45, 2.75) is 44.2 Å². The summed E-state index contributed by atoms with van der Waals surface area (Å²) in [6.07, 6.45) is 1.81. The molecule has 166 valence electrons. The maximum Gasteiger partial charge on any atom is 0.416 e. The van der Waals surface area contributed by atoms with E-state index in [4.69, 9.17) is 0 Å². The van der Waals surface area contributed by atoms with E-state index < -0.39 is 11.7 Å². The second-order valence-electron chi connectivity index (χ2n) is 9.02. The number of carbonyl (C=O) groups is 1. The minimum atomic E-state index is -4.40. The van der Waals surface area contributed by atoms with Gasteiger partial charge in [0.25, 0.3) is 0 Å². The number of hydrogen-bond donors (Lipinski definition) is 1. The molecule has 1 aromatic heterocycles. The molecule has 3 nitrogen and oxygen atoms in total. The molecule has 2 aromatic carbocycles. The van der Waals surface area contributed by atoms with E-state index >= 15 is 0 Å². The Morgan fingerprint density at radius 3 is 2.44 bits per heavy atom. The topological polar surface area (TPSA) is 42.0 Å². The van der Waals surface area contributed by atoms with Gasteiger partial charge in [-0.05, 0) is 97.5 Å². The van der Waals surface area contributed by atoms with Crippen molar-refractivity contribution < 1.29 is 22.4 Å². The highest BCUT2D eigenvalue weighted by atomic mass is 19.4. The van der Waals surface area contributed by atoms with Crippen molar-refractivity contribution in [2.75, 3.05) is 5.32 Å². The zero-order valence-electron chi connectivity index (χ0n) is 17.3. The molecule has 0 unspecified atom stereocenters. The zero-order valence-corrected chi connectivity index (χ0v) is 17.3. The van der Waals surface area contributed by atoms with Gasteiger partial charge in [-0.2, -0.15) is 13.2 Å². The molecule has 2 fully saturated rings. The van der Waals surface area contributed by atoms with Crippen molar-refractivity contribution in [3.63, 3.8) is 0 Å². The second kappa shape index (κ2) is 7.57. The minimum Gasteiger partial charge on any atom is -0.326 e. The first-order chi connectivity index (χ1) is 15.2. The van der Waals surface area contributed by atoms with Gasteiger partial charge in [0.15, 0.2) is 0 Å². The molecule has 0 saturated heterocycles. The Kier molecular flexibility index (Phi) is 4.95. The van der Waals surface area contributed by atoms with E-state index in [1.54, 1.807) is 18.3 Å². The van der Waals surface area contributed by atoms with E-state index in [1.807, 2.05) is 6.07 Å². The van der Waals surface area contributed by atoms with Crippen LogP contribution < -0.4 is 5.32 Å². The van der Waals surface area contributed by atoms with E-state index in [0.717, 1.165) is 60.7 Å². The molecule has 1 amide bonds. The fraction of sp³-hybridized carbons (Fsp3) is 0.360. The summed E-state index contributed by atoms with van der Waals surface area (Å²) in [5, 5.41) is 3.62. The van der Waals surface area contributed by atoms with Crippen molar-refractivity contribution in [2.24, 2.45) is 11.3 Å². The summed E-state index contributed by atoms with van der Waals surface area (Å²) >= 11 is 0. The second-order valence-corrected chi connectivity index (χ2v) is 9.02. The van der Waals surface area contributed by atoms with Gasteiger partial charge in [0, 0.05) is 23.2 Å². The van der Waals surface area contributed by atoms with Crippen LogP contribution in [0.2, 0.25) is 0 Å². The first kappa shape index (κ1) is 20.9. The van der Waals surface area contributed by atoms with E-state index in [-0.39, 0.29) is 23.1 Å². The van der Waals surface area contributed by atoms with Gasteiger partial charge in [-0.15, -0.1) is 0 Å². The summed E-state index contributed by atoms with van der Waals surface area (Å²) in [7, 11) is 0. The van der Waals surface area contributed by atoms with Gasteiger partial charge in [-0.3, -0.25) is 9.78 Å². The fourth-order valence-electron chi connectivity index (χ4n) is 5.24. The van der Waals surface area contributed by atoms with Crippen LogP contribution in [0.15, 0.2) is 54.7 Å². The highest BCUT2D eigenvalue weighted by Crippen LogP contribution is 2.63. The number of amides is 1. The molecule has 32 heavy (non-hydrogen) atoms. The van der Waals surface area contributed by atoms with E-state index in [2.05, 4.69) is 10.3 Å². The van der Waals surface area contributed by atoms with E-state index in [9.17, 15) is 22.4 Å². The molecule has 2 saturated carbocycles. The number of hydrogen-bond acceptors (Lipinski definition) is 2. The lowest BCUT2D eigenvalue weighted by Crippen LogP contribution is -2.22. The molecule has 3 aromatic rings. The van der Waals surface area contributed by atoms with Crippen LogP contribution in [-0.4, -0.2) is 10.9 Å². The highest BCUT2D eigenvalue weighted by Gasteiger charge is 2.58. The number of pyridine rings is 1. The molecule has 2 aliphatic carbocycles. The number of nitrogens with one attached hydrogen (secondary N) is 1. The summed E-state index contributed by atoms with van der Waals surface area (Å²) in [5.41, 5.74) is 1.50. The summed E-state index contributed by atoms with van der Waals surface area (Å²) in [6, 6.07) is 11.2. The number of nitrogens with zero attached hydrogens (tertiary/aromatic N) is 1. The Hall–Kier alpha value is -2.96. The summed E-state index contributed by atoms with van der Waals surface area (Å²) in [6.45, 7) is 0. The molecule has 5 rings (SSSR count).